The zero-order valence-corrected chi connectivity index (χ0v) is 12.8. The number of hydrogen-bond donors (Lipinski definition) is 2. The van der Waals surface area contributed by atoms with Crippen molar-refractivity contribution in [1.82, 2.24) is 10.3 Å². The number of H-pyrrole nitrogens is 1. The summed E-state index contributed by atoms with van der Waals surface area (Å²) in [6, 6.07) is 17.0. The van der Waals surface area contributed by atoms with Gasteiger partial charge < -0.3 is 10.3 Å². The first-order valence-electron chi connectivity index (χ1n) is 7.25. The van der Waals surface area contributed by atoms with E-state index in [9.17, 15) is 0 Å². The number of benzene rings is 2. The van der Waals surface area contributed by atoms with Gasteiger partial charge in [-0.25, -0.2) is 0 Å². The van der Waals surface area contributed by atoms with Crippen LogP contribution in [0.2, 0.25) is 5.02 Å². The van der Waals surface area contributed by atoms with Crippen molar-refractivity contribution in [1.29, 1.82) is 0 Å². The Kier molecular flexibility index (Phi) is 4.28. The van der Waals surface area contributed by atoms with Crippen LogP contribution >= 0.6 is 11.6 Å². The second kappa shape index (κ2) is 6.33. The standard InChI is InChI=1S/C18H19ClN2/c1-13(9-14-5-3-2-4-6-14)20-11-15-12-21-18-10-16(19)7-8-17(15)18/h2-8,10,12-13,20-21H,9,11H2,1H3. The Hall–Kier alpha value is -1.77. The number of nitrogens with one attached hydrogen (secondary N) is 2. The first kappa shape index (κ1) is 14.2. The Morgan fingerprint density at radius 3 is 2.76 bits per heavy atom. The van der Waals surface area contributed by atoms with Gasteiger partial charge in [0.05, 0.1) is 0 Å². The maximum Gasteiger partial charge on any atom is 0.0472 e. The predicted molar refractivity (Wildman–Crippen MR) is 89.8 cm³/mol. The third kappa shape index (κ3) is 3.46. The second-order valence-electron chi connectivity index (χ2n) is 5.48. The van der Waals surface area contributed by atoms with Gasteiger partial charge in [0, 0.05) is 34.7 Å². The van der Waals surface area contributed by atoms with Gasteiger partial charge in [-0.3, -0.25) is 0 Å². The normalized spacial score (nSPS) is 12.7. The van der Waals surface area contributed by atoms with Gasteiger partial charge in [-0.2, -0.15) is 0 Å². The van der Waals surface area contributed by atoms with Gasteiger partial charge >= 0.3 is 0 Å². The maximum atomic E-state index is 6.01. The van der Waals surface area contributed by atoms with Crippen LogP contribution < -0.4 is 5.32 Å². The number of halogens is 1. The fourth-order valence-corrected chi connectivity index (χ4v) is 2.80. The van der Waals surface area contributed by atoms with E-state index in [4.69, 9.17) is 11.6 Å². The summed E-state index contributed by atoms with van der Waals surface area (Å²) in [6.45, 7) is 3.08. The van der Waals surface area contributed by atoms with E-state index in [2.05, 4.69) is 59.8 Å². The molecule has 2 nitrogen and oxygen atoms in total. The van der Waals surface area contributed by atoms with E-state index in [1.54, 1.807) is 0 Å². The van der Waals surface area contributed by atoms with E-state index in [-0.39, 0.29) is 0 Å². The molecular formula is C18H19ClN2. The van der Waals surface area contributed by atoms with E-state index in [1.165, 1.54) is 16.5 Å². The van der Waals surface area contributed by atoms with Crippen molar-refractivity contribution in [3.8, 4) is 0 Å². The van der Waals surface area contributed by atoms with E-state index >= 15 is 0 Å². The van der Waals surface area contributed by atoms with E-state index in [1.807, 2.05) is 12.1 Å². The summed E-state index contributed by atoms with van der Waals surface area (Å²) in [4.78, 5) is 3.28. The summed E-state index contributed by atoms with van der Waals surface area (Å²) in [6.07, 6.45) is 3.10. The summed E-state index contributed by atoms with van der Waals surface area (Å²) >= 11 is 6.01. The average Bonchev–Trinajstić information content (AvgIpc) is 2.88. The van der Waals surface area contributed by atoms with Crippen LogP contribution in [0.5, 0.6) is 0 Å². The van der Waals surface area contributed by atoms with Gasteiger partial charge in [0.15, 0.2) is 0 Å². The minimum atomic E-state index is 0.435. The lowest BCUT2D eigenvalue weighted by Crippen LogP contribution is -2.27. The van der Waals surface area contributed by atoms with Gasteiger partial charge in [-0.15, -0.1) is 0 Å². The molecule has 21 heavy (non-hydrogen) atoms. The molecule has 1 heterocycles. The van der Waals surface area contributed by atoms with Crippen molar-refractivity contribution in [2.24, 2.45) is 0 Å². The lowest BCUT2D eigenvalue weighted by atomic mass is 10.1. The molecule has 2 N–H and O–H groups in total. The lowest BCUT2D eigenvalue weighted by Gasteiger charge is -2.13. The topological polar surface area (TPSA) is 27.8 Å². The highest BCUT2D eigenvalue weighted by Crippen LogP contribution is 2.22. The van der Waals surface area contributed by atoms with Gasteiger partial charge in [-0.1, -0.05) is 48.0 Å². The molecule has 2 aromatic carbocycles. The summed E-state index contributed by atoms with van der Waals surface area (Å²) < 4.78 is 0. The fraction of sp³-hybridized carbons (Fsp3) is 0.222. The van der Waals surface area contributed by atoms with Crippen LogP contribution in [-0.2, 0) is 13.0 Å². The molecule has 0 spiro atoms. The zero-order valence-electron chi connectivity index (χ0n) is 12.1. The number of rotatable bonds is 5. The van der Waals surface area contributed by atoms with Gasteiger partial charge in [0.2, 0.25) is 0 Å². The molecule has 1 unspecified atom stereocenters. The van der Waals surface area contributed by atoms with Gasteiger partial charge in [-0.05, 0) is 36.6 Å². The number of aromatic nitrogens is 1. The lowest BCUT2D eigenvalue weighted by molar-refractivity contribution is 0.547. The minimum absolute atomic E-state index is 0.435. The summed E-state index contributed by atoms with van der Waals surface area (Å²) in [5.74, 6) is 0. The second-order valence-corrected chi connectivity index (χ2v) is 5.91. The molecule has 3 heteroatoms. The molecule has 108 valence electrons. The van der Waals surface area contributed by atoms with Crippen LogP contribution in [0.15, 0.2) is 54.7 Å². The van der Waals surface area contributed by atoms with Crippen LogP contribution in [0.1, 0.15) is 18.1 Å². The monoisotopic (exact) mass is 298 g/mol. The van der Waals surface area contributed by atoms with E-state index in [0.717, 1.165) is 23.5 Å². The Balaban J connectivity index is 1.63. The first-order valence-corrected chi connectivity index (χ1v) is 7.63. The smallest absolute Gasteiger partial charge is 0.0472 e. The zero-order chi connectivity index (χ0) is 14.7. The average molecular weight is 299 g/mol. The molecule has 0 aliphatic carbocycles. The van der Waals surface area contributed by atoms with E-state index < -0.39 is 0 Å². The molecule has 0 amide bonds. The largest absolute Gasteiger partial charge is 0.361 e. The maximum absolute atomic E-state index is 6.01. The molecule has 0 radical (unpaired) electrons. The van der Waals surface area contributed by atoms with Crippen LogP contribution in [0.4, 0.5) is 0 Å². The van der Waals surface area contributed by atoms with Crippen molar-refractivity contribution in [3.63, 3.8) is 0 Å². The molecular weight excluding hydrogens is 280 g/mol. The van der Waals surface area contributed by atoms with Gasteiger partial charge in [0.1, 0.15) is 0 Å². The number of aromatic amines is 1. The highest BCUT2D eigenvalue weighted by molar-refractivity contribution is 6.31. The summed E-state index contributed by atoms with van der Waals surface area (Å²) in [5, 5.41) is 5.59. The highest BCUT2D eigenvalue weighted by Gasteiger charge is 2.07. The predicted octanol–water partition coefficient (Wildman–Crippen LogP) is 4.54. The van der Waals surface area contributed by atoms with Crippen LogP contribution in [-0.4, -0.2) is 11.0 Å². The minimum Gasteiger partial charge on any atom is -0.361 e. The van der Waals surface area contributed by atoms with Crippen molar-refractivity contribution in [3.05, 3.63) is 70.9 Å². The quantitative estimate of drug-likeness (QED) is 0.711. The number of hydrogen-bond acceptors (Lipinski definition) is 1. The van der Waals surface area contributed by atoms with Crippen molar-refractivity contribution >= 4 is 22.5 Å². The van der Waals surface area contributed by atoms with Crippen LogP contribution in [0.3, 0.4) is 0 Å². The van der Waals surface area contributed by atoms with Crippen molar-refractivity contribution < 1.29 is 0 Å². The molecule has 0 fully saturated rings. The SMILES string of the molecule is CC(Cc1ccccc1)NCc1c[nH]c2cc(Cl)ccc12. The third-order valence-corrected chi connectivity index (χ3v) is 3.99. The number of fused-ring (bicyclic) bond motifs is 1. The molecule has 1 atom stereocenters. The molecule has 3 rings (SSSR count). The molecule has 1 aromatic heterocycles. The highest BCUT2D eigenvalue weighted by atomic mass is 35.5. The first-order chi connectivity index (χ1) is 10.2. The molecule has 0 saturated carbocycles. The third-order valence-electron chi connectivity index (χ3n) is 3.76. The Labute approximate surface area is 130 Å². The Morgan fingerprint density at radius 1 is 1.14 bits per heavy atom. The summed E-state index contributed by atoms with van der Waals surface area (Å²) in [5.41, 5.74) is 3.74. The van der Waals surface area contributed by atoms with Crippen LogP contribution in [0.25, 0.3) is 10.9 Å². The molecule has 0 aliphatic rings. The molecule has 0 saturated heterocycles. The van der Waals surface area contributed by atoms with Crippen LogP contribution in [0, 0.1) is 0 Å². The fourth-order valence-electron chi connectivity index (χ4n) is 2.63. The Morgan fingerprint density at radius 2 is 1.95 bits per heavy atom. The Bertz CT molecular complexity index is 718. The van der Waals surface area contributed by atoms with E-state index in [0.29, 0.717) is 6.04 Å². The molecule has 3 aromatic rings. The molecule has 0 aliphatic heterocycles. The van der Waals surface area contributed by atoms with Crippen molar-refractivity contribution in [2.75, 3.05) is 0 Å². The van der Waals surface area contributed by atoms with Crippen molar-refractivity contribution in [2.45, 2.75) is 25.9 Å². The van der Waals surface area contributed by atoms with Gasteiger partial charge in [0.25, 0.3) is 0 Å². The summed E-state index contributed by atoms with van der Waals surface area (Å²) in [7, 11) is 0. The molecule has 0 bridgehead atoms.